The van der Waals surface area contributed by atoms with E-state index in [1.54, 1.807) is 35.9 Å². The van der Waals surface area contributed by atoms with E-state index in [9.17, 15) is 14.0 Å². The largest absolute Gasteiger partial charge is 0.332 e. The Labute approximate surface area is 180 Å². The van der Waals surface area contributed by atoms with E-state index in [0.717, 1.165) is 10.1 Å². The quantitative estimate of drug-likeness (QED) is 0.382. The van der Waals surface area contributed by atoms with Gasteiger partial charge in [-0.2, -0.15) is 10.1 Å². The first-order valence-electron chi connectivity index (χ1n) is 9.30. The Morgan fingerprint density at radius 3 is 2.58 bits per heavy atom. The number of rotatable bonds is 5. The first kappa shape index (κ1) is 20.5. The van der Waals surface area contributed by atoms with Gasteiger partial charge in [0.05, 0.1) is 12.8 Å². The Morgan fingerprint density at radius 2 is 1.87 bits per heavy atom. The van der Waals surface area contributed by atoms with Crippen LogP contribution in [0.15, 0.2) is 63.2 Å². The normalized spacial score (nSPS) is 11.5. The molecule has 0 saturated carbocycles. The summed E-state index contributed by atoms with van der Waals surface area (Å²) in [5.74, 6) is -0.0724. The number of aromatic nitrogens is 4. The van der Waals surface area contributed by atoms with Crippen LogP contribution in [0, 0.1) is 5.82 Å². The molecule has 0 bridgehead atoms. The van der Waals surface area contributed by atoms with Crippen molar-refractivity contribution < 1.29 is 4.39 Å². The van der Waals surface area contributed by atoms with Crippen LogP contribution in [0.3, 0.4) is 0 Å². The van der Waals surface area contributed by atoms with Crippen LogP contribution in [-0.4, -0.2) is 24.9 Å². The Bertz CT molecular complexity index is 1420. The second kappa shape index (κ2) is 8.19. The molecule has 4 aromatic rings. The molecule has 2 aromatic heterocycles. The van der Waals surface area contributed by atoms with Crippen LogP contribution in [0.2, 0.25) is 5.02 Å². The maximum atomic E-state index is 13.1. The molecule has 0 aliphatic carbocycles. The Morgan fingerprint density at radius 1 is 1.13 bits per heavy atom. The first-order chi connectivity index (χ1) is 14.8. The summed E-state index contributed by atoms with van der Waals surface area (Å²) in [5, 5.41) is 4.72. The topological polar surface area (TPSA) is 86.2 Å². The van der Waals surface area contributed by atoms with Gasteiger partial charge in [-0.3, -0.25) is 18.5 Å². The van der Waals surface area contributed by atoms with Gasteiger partial charge in [0.15, 0.2) is 11.2 Å². The van der Waals surface area contributed by atoms with Gasteiger partial charge in [0.2, 0.25) is 5.95 Å². The molecule has 1 N–H and O–H groups in total. The highest BCUT2D eigenvalue weighted by molar-refractivity contribution is 6.30. The van der Waals surface area contributed by atoms with Gasteiger partial charge in [-0.1, -0.05) is 35.9 Å². The van der Waals surface area contributed by atoms with Gasteiger partial charge < -0.3 is 0 Å². The van der Waals surface area contributed by atoms with Crippen molar-refractivity contribution in [2.45, 2.75) is 6.54 Å². The van der Waals surface area contributed by atoms with E-state index in [1.807, 2.05) is 12.1 Å². The molecule has 0 unspecified atom stereocenters. The molecule has 0 amide bonds. The van der Waals surface area contributed by atoms with E-state index < -0.39 is 11.2 Å². The Hall–Kier alpha value is -3.72. The van der Waals surface area contributed by atoms with Crippen LogP contribution in [0.25, 0.3) is 11.2 Å². The molecule has 4 rings (SSSR count). The van der Waals surface area contributed by atoms with Crippen molar-refractivity contribution in [3.8, 4) is 0 Å². The van der Waals surface area contributed by atoms with E-state index in [1.165, 1.54) is 30.0 Å². The lowest BCUT2D eigenvalue weighted by Gasteiger charge is -2.09. The van der Waals surface area contributed by atoms with Crippen LogP contribution in [0.5, 0.6) is 0 Å². The maximum absolute atomic E-state index is 13.1. The number of nitrogens with zero attached hydrogens (tertiary/aromatic N) is 5. The summed E-state index contributed by atoms with van der Waals surface area (Å²) in [5.41, 5.74) is 3.88. The Kier molecular flexibility index (Phi) is 5.43. The molecule has 0 aliphatic rings. The number of hydrazone groups is 1. The predicted molar refractivity (Wildman–Crippen MR) is 118 cm³/mol. The van der Waals surface area contributed by atoms with Crippen molar-refractivity contribution in [3.05, 3.63) is 91.3 Å². The third-order valence-electron chi connectivity index (χ3n) is 4.83. The lowest BCUT2D eigenvalue weighted by atomic mass is 10.2. The van der Waals surface area contributed by atoms with Crippen molar-refractivity contribution >= 4 is 34.9 Å². The van der Waals surface area contributed by atoms with Crippen LogP contribution in [0.4, 0.5) is 10.3 Å². The van der Waals surface area contributed by atoms with E-state index in [2.05, 4.69) is 15.5 Å². The van der Waals surface area contributed by atoms with Crippen LogP contribution in [0.1, 0.15) is 11.1 Å². The smallest absolute Gasteiger partial charge is 0.298 e. The number of nitrogens with one attached hydrogen (secondary N) is 1. The summed E-state index contributed by atoms with van der Waals surface area (Å²) < 4.78 is 17.1. The fraction of sp³-hybridized carbons (Fsp3) is 0.143. The standard InChI is InChI=1S/C21H18ClFN6O2/c1-27-18-17(19(30)28(2)21(27)31)29(12-14-4-3-5-15(22)10-14)20(25-18)26-24-11-13-6-8-16(23)9-7-13/h3-11H,12H2,1-2H3,(H,25,26). The van der Waals surface area contributed by atoms with E-state index in [-0.39, 0.29) is 29.5 Å². The minimum absolute atomic E-state index is 0.231. The van der Waals surface area contributed by atoms with Gasteiger partial charge >= 0.3 is 5.69 Å². The van der Waals surface area contributed by atoms with Crippen LogP contribution < -0.4 is 16.7 Å². The monoisotopic (exact) mass is 440 g/mol. The van der Waals surface area contributed by atoms with Gasteiger partial charge in [0, 0.05) is 19.1 Å². The fourth-order valence-electron chi connectivity index (χ4n) is 3.22. The number of halogens is 2. The lowest BCUT2D eigenvalue weighted by molar-refractivity contribution is 0.628. The summed E-state index contributed by atoms with van der Waals surface area (Å²) in [6.07, 6.45) is 1.50. The van der Waals surface area contributed by atoms with Gasteiger partial charge in [0.25, 0.3) is 5.56 Å². The molecule has 8 nitrogen and oxygen atoms in total. The highest BCUT2D eigenvalue weighted by Gasteiger charge is 2.19. The average molecular weight is 441 g/mol. The highest BCUT2D eigenvalue weighted by Crippen LogP contribution is 2.19. The molecule has 0 atom stereocenters. The number of fused-ring (bicyclic) bond motifs is 1. The summed E-state index contributed by atoms with van der Waals surface area (Å²) in [4.78, 5) is 29.6. The second-order valence-electron chi connectivity index (χ2n) is 6.95. The third-order valence-corrected chi connectivity index (χ3v) is 5.06. The molecule has 31 heavy (non-hydrogen) atoms. The summed E-state index contributed by atoms with van der Waals surface area (Å²) >= 11 is 6.11. The second-order valence-corrected chi connectivity index (χ2v) is 7.39. The van der Waals surface area contributed by atoms with Crippen LogP contribution in [-0.2, 0) is 20.6 Å². The highest BCUT2D eigenvalue weighted by atomic mass is 35.5. The van der Waals surface area contributed by atoms with E-state index in [4.69, 9.17) is 11.6 Å². The van der Waals surface area contributed by atoms with Crippen molar-refractivity contribution in [2.24, 2.45) is 19.2 Å². The maximum Gasteiger partial charge on any atom is 0.332 e. The van der Waals surface area contributed by atoms with E-state index in [0.29, 0.717) is 10.6 Å². The number of hydrogen-bond donors (Lipinski definition) is 1. The molecule has 2 heterocycles. The molecule has 0 fully saturated rings. The molecular formula is C21H18ClFN6O2. The number of benzene rings is 2. The predicted octanol–water partition coefficient (Wildman–Crippen LogP) is 2.72. The molecule has 0 aliphatic heterocycles. The number of aryl methyl sites for hydroxylation is 1. The molecule has 0 saturated heterocycles. The summed E-state index contributed by atoms with van der Waals surface area (Å²) in [6, 6.07) is 13.0. The zero-order chi connectivity index (χ0) is 22.1. The molecule has 158 valence electrons. The van der Waals surface area contributed by atoms with Crippen molar-refractivity contribution in [1.29, 1.82) is 0 Å². The van der Waals surface area contributed by atoms with Crippen molar-refractivity contribution in [2.75, 3.05) is 5.43 Å². The minimum atomic E-state index is -0.480. The van der Waals surface area contributed by atoms with Gasteiger partial charge in [-0.05, 0) is 35.4 Å². The first-order valence-corrected chi connectivity index (χ1v) is 9.68. The molecule has 0 spiro atoms. The number of imidazole rings is 1. The number of anilines is 1. The fourth-order valence-corrected chi connectivity index (χ4v) is 3.43. The van der Waals surface area contributed by atoms with E-state index >= 15 is 0 Å². The van der Waals surface area contributed by atoms with Crippen molar-refractivity contribution in [3.63, 3.8) is 0 Å². The summed E-state index contributed by atoms with van der Waals surface area (Å²) in [7, 11) is 2.97. The van der Waals surface area contributed by atoms with Gasteiger partial charge in [-0.15, -0.1) is 0 Å². The average Bonchev–Trinajstić information content (AvgIpc) is 3.10. The molecule has 0 radical (unpaired) electrons. The van der Waals surface area contributed by atoms with Crippen molar-refractivity contribution in [1.82, 2.24) is 18.7 Å². The van der Waals surface area contributed by atoms with Gasteiger partial charge in [-0.25, -0.2) is 14.6 Å². The molecule has 2 aromatic carbocycles. The van der Waals surface area contributed by atoms with Gasteiger partial charge in [0.1, 0.15) is 5.82 Å². The third kappa shape index (κ3) is 3.99. The number of hydrogen-bond acceptors (Lipinski definition) is 5. The summed E-state index contributed by atoms with van der Waals surface area (Å²) in [6.45, 7) is 0.277. The Balaban J connectivity index is 1.82. The molecular weight excluding hydrogens is 423 g/mol. The SMILES string of the molecule is Cn1c(=O)c2c(nc(NN=Cc3ccc(F)cc3)n2Cc2cccc(Cl)c2)n(C)c1=O. The lowest BCUT2D eigenvalue weighted by Crippen LogP contribution is -2.37. The minimum Gasteiger partial charge on any atom is -0.298 e. The zero-order valence-electron chi connectivity index (χ0n) is 16.7. The van der Waals surface area contributed by atoms with Crippen LogP contribution >= 0.6 is 11.6 Å². The zero-order valence-corrected chi connectivity index (χ0v) is 17.5. The molecule has 10 heteroatoms.